The molecule has 0 radical (unpaired) electrons. The number of rotatable bonds is 15. The molecule has 0 atom stereocenters. The highest BCUT2D eigenvalue weighted by atomic mass is 16.6. The van der Waals surface area contributed by atoms with E-state index in [1.807, 2.05) is 0 Å². The zero-order valence-electron chi connectivity index (χ0n) is 16.3. The molecular weight excluding hydrogens is 392 g/mol. The maximum atomic E-state index is 10.8. The molecule has 2 rings (SSSR count). The van der Waals surface area contributed by atoms with Crippen molar-refractivity contribution in [2.75, 3.05) is 39.6 Å². The molecule has 8 nitrogen and oxygen atoms in total. The minimum atomic E-state index is 0.260. The van der Waals surface area contributed by atoms with Gasteiger partial charge in [-0.2, -0.15) is 0 Å². The van der Waals surface area contributed by atoms with Crippen molar-refractivity contribution in [2.45, 2.75) is 0 Å². The smallest absolute Gasteiger partial charge is 0.150 e. The standard InChI is InChI=1S/C22H22O8/c23-13-17-7-18(14-24)10-21(9-17)29-5-3-27-1-2-28-4-6-30-22-11-19(15-25)8-20(12-22)16-26/h7-16H,1-6H2. The van der Waals surface area contributed by atoms with Gasteiger partial charge in [0.05, 0.1) is 26.4 Å². The first kappa shape index (κ1) is 22.9. The Labute approximate surface area is 173 Å². The van der Waals surface area contributed by atoms with Crippen molar-refractivity contribution < 1.29 is 38.1 Å². The van der Waals surface area contributed by atoms with Crippen LogP contribution in [-0.4, -0.2) is 64.8 Å². The second-order valence-corrected chi connectivity index (χ2v) is 6.06. The van der Waals surface area contributed by atoms with Crippen LogP contribution < -0.4 is 9.47 Å². The van der Waals surface area contributed by atoms with E-state index >= 15 is 0 Å². The molecule has 0 saturated carbocycles. The van der Waals surface area contributed by atoms with E-state index in [4.69, 9.17) is 18.9 Å². The third kappa shape index (κ3) is 7.94. The molecule has 0 spiro atoms. The monoisotopic (exact) mass is 414 g/mol. The van der Waals surface area contributed by atoms with Gasteiger partial charge in [-0.15, -0.1) is 0 Å². The Morgan fingerprint density at radius 2 is 0.767 bits per heavy atom. The van der Waals surface area contributed by atoms with Crippen LogP contribution in [0.4, 0.5) is 0 Å². The summed E-state index contributed by atoms with van der Waals surface area (Å²) in [5.74, 6) is 0.852. The quantitative estimate of drug-likeness (QED) is 0.323. The van der Waals surface area contributed by atoms with Gasteiger partial charge in [-0.1, -0.05) is 0 Å². The van der Waals surface area contributed by atoms with Crippen molar-refractivity contribution in [3.8, 4) is 11.5 Å². The van der Waals surface area contributed by atoms with Crippen LogP contribution in [0.1, 0.15) is 41.4 Å². The topological polar surface area (TPSA) is 105 Å². The molecule has 0 saturated heterocycles. The van der Waals surface area contributed by atoms with E-state index in [9.17, 15) is 19.2 Å². The number of ether oxygens (including phenoxy) is 4. The summed E-state index contributed by atoms with van der Waals surface area (Å²) in [5, 5.41) is 0. The number of carbonyl (C=O) groups is 4. The second-order valence-electron chi connectivity index (χ2n) is 6.06. The Bertz CT molecular complexity index is 738. The lowest BCUT2D eigenvalue weighted by Gasteiger charge is -2.10. The largest absolute Gasteiger partial charge is 0.491 e. The average Bonchev–Trinajstić information content (AvgIpc) is 2.79. The molecule has 0 aliphatic rings. The van der Waals surface area contributed by atoms with Crippen molar-refractivity contribution in [3.63, 3.8) is 0 Å². The molecule has 2 aromatic carbocycles. The number of hydrogen-bond acceptors (Lipinski definition) is 8. The van der Waals surface area contributed by atoms with E-state index in [-0.39, 0.29) is 13.2 Å². The van der Waals surface area contributed by atoms with Crippen molar-refractivity contribution >= 4 is 25.1 Å². The maximum Gasteiger partial charge on any atom is 0.150 e. The van der Waals surface area contributed by atoms with Gasteiger partial charge in [0, 0.05) is 22.3 Å². The third-order valence-electron chi connectivity index (χ3n) is 3.81. The molecule has 0 unspecified atom stereocenters. The van der Waals surface area contributed by atoms with Gasteiger partial charge in [0.25, 0.3) is 0 Å². The molecular formula is C22H22O8. The summed E-state index contributed by atoms with van der Waals surface area (Å²) in [5.41, 5.74) is 1.47. The highest BCUT2D eigenvalue weighted by Gasteiger charge is 2.03. The predicted molar refractivity (Wildman–Crippen MR) is 107 cm³/mol. The SMILES string of the molecule is O=Cc1cc(C=O)cc(OCCOCCOCCOc2cc(C=O)cc(C=O)c2)c1. The van der Waals surface area contributed by atoms with Crippen LogP contribution in [-0.2, 0) is 9.47 Å². The van der Waals surface area contributed by atoms with Gasteiger partial charge < -0.3 is 18.9 Å². The lowest BCUT2D eigenvalue weighted by molar-refractivity contribution is 0.0273. The van der Waals surface area contributed by atoms with E-state index in [0.717, 1.165) is 0 Å². The molecule has 8 heteroatoms. The molecule has 0 bridgehead atoms. The maximum absolute atomic E-state index is 10.8. The Balaban J connectivity index is 1.55. The van der Waals surface area contributed by atoms with Gasteiger partial charge in [-0.3, -0.25) is 19.2 Å². The summed E-state index contributed by atoms with van der Waals surface area (Å²) in [7, 11) is 0. The summed E-state index contributed by atoms with van der Waals surface area (Å²) in [4.78, 5) is 43.4. The predicted octanol–water partition coefficient (Wildman–Crippen LogP) is 2.43. The Morgan fingerprint density at radius 3 is 1.07 bits per heavy atom. The minimum absolute atomic E-state index is 0.260. The normalized spacial score (nSPS) is 10.3. The van der Waals surface area contributed by atoms with Gasteiger partial charge >= 0.3 is 0 Å². The second kappa shape index (κ2) is 13.0. The first-order valence-electron chi connectivity index (χ1n) is 9.20. The zero-order valence-corrected chi connectivity index (χ0v) is 16.3. The van der Waals surface area contributed by atoms with Gasteiger partial charge in [0.2, 0.25) is 0 Å². The van der Waals surface area contributed by atoms with Gasteiger partial charge in [-0.25, -0.2) is 0 Å². The van der Waals surface area contributed by atoms with Crippen molar-refractivity contribution in [3.05, 3.63) is 58.7 Å². The van der Waals surface area contributed by atoms with Crippen molar-refractivity contribution in [1.82, 2.24) is 0 Å². The lowest BCUT2D eigenvalue weighted by Crippen LogP contribution is -2.13. The van der Waals surface area contributed by atoms with Crippen LogP contribution in [0, 0.1) is 0 Å². The molecule has 0 aliphatic carbocycles. The molecule has 158 valence electrons. The first-order valence-corrected chi connectivity index (χ1v) is 9.20. The van der Waals surface area contributed by atoms with Crippen LogP contribution in [0.3, 0.4) is 0 Å². The van der Waals surface area contributed by atoms with E-state index in [1.54, 1.807) is 24.3 Å². The molecule has 0 N–H and O–H groups in total. The van der Waals surface area contributed by atoms with Gasteiger partial charge in [0.15, 0.2) is 0 Å². The molecule has 0 aliphatic heterocycles. The molecule has 0 fully saturated rings. The lowest BCUT2D eigenvalue weighted by atomic mass is 10.1. The van der Waals surface area contributed by atoms with Gasteiger partial charge in [0.1, 0.15) is 49.9 Å². The Kier molecular flexibility index (Phi) is 9.91. The van der Waals surface area contributed by atoms with Gasteiger partial charge in [-0.05, 0) is 36.4 Å². The van der Waals surface area contributed by atoms with E-state index in [2.05, 4.69) is 0 Å². The number of carbonyl (C=O) groups excluding carboxylic acids is 4. The van der Waals surface area contributed by atoms with E-state index in [0.29, 0.717) is 85.3 Å². The van der Waals surface area contributed by atoms with Crippen molar-refractivity contribution in [2.24, 2.45) is 0 Å². The molecule has 2 aromatic rings. The Morgan fingerprint density at radius 1 is 0.467 bits per heavy atom. The summed E-state index contributed by atoms with van der Waals surface area (Å²) in [6.07, 6.45) is 2.60. The average molecular weight is 414 g/mol. The fourth-order valence-electron chi connectivity index (χ4n) is 2.49. The molecule has 0 heterocycles. The first-order chi connectivity index (χ1) is 14.7. The van der Waals surface area contributed by atoms with Crippen LogP contribution in [0.15, 0.2) is 36.4 Å². The summed E-state index contributed by atoms with van der Waals surface area (Å²) >= 11 is 0. The molecule has 30 heavy (non-hydrogen) atoms. The zero-order chi connectivity index (χ0) is 21.6. The molecule has 0 aromatic heterocycles. The van der Waals surface area contributed by atoms with E-state index < -0.39 is 0 Å². The van der Waals surface area contributed by atoms with E-state index in [1.165, 1.54) is 12.1 Å². The van der Waals surface area contributed by atoms with Crippen LogP contribution >= 0.6 is 0 Å². The Hall–Kier alpha value is -3.36. The number of benzene rings is 2. The fourth-order valence-corrected chi connectivity index (χ4v) is 2.49. The summed E-state index contributed by atoms with van der Waals surface area (Å²) < 4.78 is 21.7. The van der Waals surface area contributed by atoms with Crippen LogP contribution in [0.5, 0.6) is 11.5 Å². The fraction of sp³-hybridized carbons (Fsp3) is 0.273. The summed E-state index contributed by atoms with van der Waals surface area (Å²) in [6, 6.07) is 9.14. The van der Waals surface area contributed by atoms with Crippen LogP contribution in [0.25, 0.3) is 0 Å². The van der Waals surface area contributed by atoms with Crippen LogP contribution in [0.2, 0.25) is 0 Å². The highest BCUT2D eigenvalue weighted by Crippen LogP contribution is 2.16. The summed E-state index contributed by atoms with van der Waals surface area (Å²) in [6.45, 7) is 1.86. The molecule has 0 amide bonds. The highest BCUT2D eigenvalue weighted by molar-refractivity contribution is 5.83. The third-order valence-corrected chi connectivity index (χ3v) is 3.81. The number of aldehydes is 4. The minimum Gasteiger partial charge on any atom is -0.491 e. The number of hydrogen-bond donors (Lipinski definition) is 0. The van der Waals surface area contributed by atoms with Crippen molar-refractivity contribution in [1.29, 1.82) is 0 Å².